The number of fused-ring (bicyclic) bond motifs is 14. The Hall–Kier alpha value is -7.18. The summed E-state index contributed by atoms with van der Waals surface area (Å²) in [4.78, 5) is 0. The van der Waals surface area contributed by atoms with Gasteiger partial charge in [-0.1, -0.05) is 111 Å². The first-order valence-electron chi connectivity index (χ1n) is 20.0. The Morgan fingerprint density at radius 2 is 1.07 bits per heavy atom. The molecule has 0 amide bonds. The van der Waals surface area contributed by atoms with Crippen LogP contribution in [0, 0.1) is 0 Å². The van der Waals surface area contributed by atoms with Crippen LogP contribution in [0.15, 0.2) is 159 Å². The number of furan rings is 3. The molecule has 0 aliphatic carbocycles. The second-order valence-corrected chi connectivity index (χ2v) is 17.0. The maximum absolute atomic E-state index is 6.57. The summed E-state index contributed by atoms with van der Waals surface area (Å²) >= 11 is 0. The number of hydrogen-bond donors (Lipinski definition) is 1. The topological polar surface area (TPSA) is 56.4 Å². The van der Waals surface area contributed by atoms with Gasteiger partial charge in [0.2, 0.25) is 0 Å². The summed E-state index contributed by atoms with van der Waals surface area (Å²) in [6.45, 7) is 6.76. The third-order valence-electron chi connectivity index (χ3n) is 12.6. The third-order valence-corrected chi connectivity index (χ3v) is 12.6. The van der Waals surface area contributed by atoms with Crippen LogP contribution in [-0.4, -0.2) is 11.8 Å². The van der Waals surface area contributed by atoms with E-state index in [1.165, 1.54) is 38.3 Å². The quantitative estimate of drug-likeness (QED) is 0.183. The largest absolute Gasteiger partial charge is 0.456 e. The van der Waals surface area contributed by atoms with Gasteiger partial charge in [-0.15, -0.1) is 0 Å². The monoisotopic (exact) mass is 746 g/mol. The van der Waals surface area contributed by atoms with Crippen molar-refractivity contribution in [3.63, 3.8) is 0 Å². The van der Waals surface area contributed by atoms with Gasteiger partial charge < -0.3 is 23.1 Å². The summed E-state index contributed by atoms with van der Waals surface area (Å²) in [6, 6.07) is 52.2. The van der Waals surface area contributed by atoms with Gasteiger partial charge in [-0.25, -0.2) is 0 Å². The fourth-order valence-corrected chi connectivity index (χ4v) is 9.72. The average Bonchev–Trinajstić information content (AvgIpc) is 3.98. The van der Waals surface area contributed by atoms with E-state index in [0.29, 0.717) is 0 Å². The Kier molecular flexibility index (Phi) is 6.19. The van der Waals surface area contributed by atoms with Crippen molar-refractivity contribution in [2.24, 2.45) is 0 Å². The maximum atomic E-state index is 6.57. The molecular formula is C52H35BN2O3. The number of aromatic nitrogens is 1. The lowest BCUT2D eigenvalue weighted by Gasteiger charge is -2.24. The lowest BCUT2D eigenvalue weighted by molar-refractivity contribution is 0.590. The Labute approximate surface area is 333 Å². The molecule has 5 heterocycles. The Bertz CT molecular complexity index is 3720. The second kappa shape index (κ2) is 11.2. The van der Waals surface area contributed by atoms with Crippen molar-refractivity contribution in [3.8, 4) is 16.8 Å². The van der Waals surface area contributed by atoms with E-state index in [1.54, 1.807) is 0 Å². The molecule has 6 heteroatoms. The molecule has 0 bridgehead atoms. The van der Waals surface area contributed by atoms with Crippen LogP contribution in [0.4, 0.5) is 11.4 Å². The van der Waals surface area contributed by atoms with Crippen LogP contribution in [0.2, 0.25) is 0 Å². The van der Waals surface area contributed by atoms with Crippen molar-refractivity contribution in [2.75, 3.05) is 5.32 Å². The molecule has 5 nitrogen and oxygen atoms in total. The van der Waals surface area contributed by atoms with Gasteiger partial charge in [0.25, 0.3) is 0 Å². The van der Waals surface area contributed by atoms with Crippen LogP contribution in [0.5, 0.6) is 0 Å². The van der Waals surface area contributed by atoms with E-state index < -0.39 is 0 Å². The van der Waals surface area contributed by atoms with Gasteiger partial charge in [0, 0.05) is 83.4 Å². The van der Waals surface area contributed by atoms with Gasteiger partial charge in [0.1, 0.15) is 33.5 Å². The summed E-state index contributed by atoms with van der Waals surface area (Å²) in [5, 5.41) is 13.0. The molecule has 0 atom stereocenters. The molecule has 8 aromatic carbocycles. The highest BCUT2D eigenvalue weighted by atomic mass is 16.3. The molecule has 1 aliphatic heterocycles. The van der Waals surface area contributed by atoms with Crippen LogP contribution < -0.4 is 16.2 Å². The Balaban J connectivity index is 1.11. The molecule has 0 radical (unpaired) electrons. The van der Waals surface area contributed by atoms with E-state index in [2.05, 4.69) is 158 Å². The van der Waals surface area contributed by atoms with Crippen molar-refractivity contribution in [1.82, 2.24) is 4.57 Å². The number of para-hydroxylation sites is 3. The fraction of sp³-hybridized carbons (Fsp3) is 0.0769. The molecule has 0 saturated carbocycles. The smallest absolute Gasteiger partial charge is 0.198 e. The fourth-order valence-electron chi connectivity index (χ4n) is 9.72. The zero-order chi connectivity index (χ0) is 38.4. The van der Waals surface area contributed by atoms with Gasteiger partial charge in [0.15, 0.2) is 7.28 Å². The Morgan fingerprint density at radius 3 is 1.72 bits per heavy atom. The molecule has 58 heavy (non-hydrogen) atoms. The first kappa shape index (κ1) is 32.0. The third kappa shape index (κ3) is 4.43. The molecule has 1 aliphatic rings. The van der Waals surface area contributed by atoms with Crippen molar-refractivity contribution in [1.29, 1.82) is 0 Å². The van der Waals surface area contributed by atoms with Crippen molar-refractivity contribution in [2.45, 2.75) is 26.2 Å². The number of hydrogen-bond acceptors (Lipinski definition) is 4. The summed E-state index contributed by atoms with van der Waals surface area (Å²) in [5.74, 6) is 0. The summed E-state index contributed by atoms with van der Waals surface area (Å²) in [6.07, 6.45) is 0. The second-order valence-electron chi connectivity index (χ2n) is 17.0. The first-order chi connectivity index (χ1) is 28.3. The minimum atomic E-state index is 0.0646. The number of anilines is 2. The van der Waals surface area contributed by atoms with E-state index in [-0.39, 0.29) is 5.41 Å². The van der Waals surface area contributed by atoms with Crippen LogP contribution in [0.25, 0.3) is 104 Å². The summed E-state index contributed by atoms with van der Waals surface area (Å²) in [5.41, 5.74) is 17.0. The predicted molar refractivity (Wildman–Crippen MR) is 243 cm³/mol. The standard InChI is InChI=1S/C52H35BN2O3/c1-52(2,3)28-16-18-29(19-17-28)54-41-24-39-32-12-6-9-15-46(32)56-47(39)25-35(41)33-20-21-34-36-22-37-30-10-4-7-13-44(30)57-48(37)26-42(36)55-43-27-49-38(23-40(43)53-50(33)51(34)55)31-11-5-8-14-45(31)58-49/h4-27,53-54H,1-3H3. The number of rotatable bonds is 3. The molecule has 12 aromatic rings. The van der Waals surface area contributed by atoms with E-state index in [0.717, 1.165) is 101 Å². The van der Waals surface area contributed by atoms with Gasteiger partial charge >= 0.3 is 0 Å². The van der Waals surface area contributed by atoms with Crippen LogP contribution in [0.1, 0.15) is 26.3 Å². The first-order valence-corrected chi connectivity index (χ1v) is 20.0. The average molecular weight is 747 g/mol. The van der Waals surface area contributed by atoms with Crippen LogP contribution in [-0.2, 0) is 5.41 Å². The van der Waals surface area contributed by atoms with Gasteiger partial charge in [-0.05, 0) is 70.5 Å². The molecule has 13 rings (SSSR count). The van der Waals surface area contributed by atoms with Gasteiger partial charge in [0.05, 0.1) is 5.52 Å². The molecule has 1 N–H and O–H groups in total. The van der Waals surface area contributed by atoms with Crippen LogP contribution >= 0.6 is 0 Å². The van der Waals surface area contributed by atoms with Crippen molar-refractivity contribution >= 4 is 117 Å². The summed E-state index contributed by atoms with van der Waals surface area (Å²) < 4.78 is 22.0. The van der Waals surface area contributed by atoms with Gasteiger partial charge in [-0.3, -0.25) is 0 Å². The van der Waals surface area contributed by atoms with Crippen LogP contribution in [0.3, 0.4) is 0 Å². The molecule has 4 aromatic heterocycles. The van der Waals surface area contributed by atoms with E-state index in [9.17, 15) is 0 Å². The minimum Gasteiger partial charge on any atom is -0.456 e. The summed E-state index contributed by atoms with van der Waals surface area (Å²) in [7, 11) is 0.755. The number of benzene rings is 8. The highest BCUT2D eigenvalue weighted by molar-refractivity contribution is 6.73. The van der Waals surface area contributed by atoms with Crippen molar-refractivity contribution in [3.05, 3.63) is 151 Å². The molecule has 0 saturated heterocycles. The molecule has 0 spiro atoms. The van der Waals surface area contributed by atoms with Crippen molar-refractivity contribution < 1.29 is 13.3 Å². The SMILES string of the molecule is CC(C)(C)c1ccc(Nc2cc3c(cc2-c2ccc4c5cc6c(cc5n5c4c2Bc2cc4c(cc2-5)oc2ccccc24)oc2ccccc26)oc2ccccc23)cc1. The molecule has 0 fully saturated rings. The normalized spacial score (nSPS) is 12.9. The molecular weight excluding hydrogens is 711 g/mol. The minimum absolute atomic E-state index is 0.0646. The van der Waals surface area contributed by atoms with E-state index in [4.69, 9.17) is 13.3 Å². The molecule has 274 valence electrons. The highest BCUT2D eigenvalue weighted by Crippen LogP contribution is 2.43. The highest BCUT2D eigenvalue weighted by Gasteiger charge is 2.29. The zero-order valence-corrected chi connectivity index (χ0v) is 32.2. The number of nitrogens with zero attached hydrogens (tertiary/aromatic N) is 1. The molecule has 0 unspecified atom stereocenters. The van der Waals surface area contributed by atoms with E-state index >= 15 is 0 Å². The van der Waals surface area contributed by atoms with Gasteiger partial charge in [-0.2, -0.15) is 0 Å². The Morgan fingerprint density at radius 1 is 0.483 bits per heavy atom. The van der Waals surface area contributed by atoms with E-state index in [1.807, 2.05) is 18.2 Å². The zero-order valence-electron chi connectivity index (χ0n) is 32.2. The predicted octanol–water partition coefficient (Wildman–Crippen LogP) is 12.9. The number of nitrogens with one attached hydrogen (secondary N) is 1. The lowest BCUT2D eigenvalue weighted by atomic mass is 9.59. The lowest BCUT2D eigenvalue weighted by Crippen LogP contribution is -2.37. The maximum Gasteiger partial charge on any atom is 0.198 e.